The molecule has 3 N–H and O–H groups in total. The number of aryl methyl sites for hydroxylation is 2. The lowest BCUT2D eigenvalue weighted by Crippen LogP contribution is -2.02. The number of thiol groups is 1. The smallest absolute Gasteiger partial charge is 0.145 e. The van der Waals surface area contributed by atoms with Gasteiger partial charge in [-0.05, 0) is 24.1 Å². The molecule has 7 nitrogen and oxygen atoms in total. The number of fused-ring (bicyclic) bond motifs is 1. The topological polar surface area (TPSA) is 99.8 Å². The number of para-hydroxylation sites is 1. The normalized spacial score (nSPS) is 11.4. The molecular formula is C19H19N5O2S. The number of benzene rings is 2. The molecule has 0 atom stereocenters. The van der Waals surface area contributed by atoms with Crippen molar-refractivity contribution in [1.82, 2.24) is 25.0 Å². The molecule has 0 spiro atoms. The van der Waals surface area contributed by atoms with Crippen LogP contribution in [0.1, 0.15) is 25.2 Å². The highest BCUT2D eigenvalue weighted by molar-refractivity contribution is 7.80. The molecule has 0 aliphatic rings. The monoisotopic (exact) mass is 381 g/mol. The number of H-pyrrole nitrogens is 1. The standard InChI is InChI=1S/C19H19N5O2S/c1-3-10-8-13(15(26)9-14(10)25)24-18(19(27)22-23-24)11-6-5-7-12-17(11)21-16(4-2)20-12/h5-9,25-27H,3-4H2,1-2H3,(H,20,21). The number of hydrogen-bond acceptors (Lipinski definition) is 6. The van der Waals surface area contributed by atoms with Crippen LogP contribution in [0.15, 0.2) is 35.4 Å². The highest BCUT2D eigenvalue weighted by atomic mass is 32.1. The fourth-order valence-electron chi connectivity index (χ4n) is 3.18. The van der Waals surface area contributed by atoms with Crippen LogP contribution in [0.3, 0.4) is 0 Å². The van der Waals surface area contributed by atoms with Gasteiger partial charge in [0.15, 0.2) is 0 Å². The van der Waals surface area contributed by atoms with Gasteiger partial charge in [-0.25, -0.2) is 9.67 Å². The fraction of sp³-hybridized carbons (Fsp3) is 0.211. The summed E-state index contributed by atoms with van der Waals surface area (Å²) in [7, 11) is 0. The zero-order valence-electron chi connectivity index (χ0n) is 14.9. The van der Waals surface area contributed by atoms with Crippen molar-refractivity contribution in [2.24, 2.45) is 0 Å². The molecule has 2 aromatic carbocycles. The number of aromatic nitrogens is 5. The predicted octanol–water partition coefficient (Wildman–Crippen LogP) is 3.64. The fourth-order valence-corrected chi connectivity index (χ4v) is 3.44. The van der Waals surface area contributed by atoms with E-state index in [1.54, 1.807) is 6.07 Å². The van der Waals surface area contributed by atoms with Crippen molar-refractivity contribution in [3.8, 4) is 28.4 Å². The maximum absolute atomic E-state index is 10.4. The molecule has 2 aromatic heterocycles. The molecule has 0 saturated heterocycles. The van der Waals surface area contributed by atoms with Crippen LogP contribution in [0, 0.1) is 0 Å². The Morgan fingerprint density at radius 2 is 1.93 bits per heavy atom. The second-order valence-electron chi connectivity index (χ2n) is 6.24. The first kappa shape index (κ1) is 17.4. The lowest BCUT2D eigenvalue weighted by Gasteiger charge is -2.12. The number of phenolic OH excluding ortho intramolecular Hbond substituents is 2. The number of imidazole rings is 1. The van der Waals surface area contributed by atoms with E-state index in [9.17, 15) is 10.2 Å². The van der Waals surface area contributed by atoms with E-state index in [2.05, 4.69) is 32.9 Å². The first-order chi connectivity index (χ1) is 13.0. The maximum Gasteiger partial charge on any atom is 0.145 e. The Kier molecular flexibility index (Phi) is 4.27. The summed E-state index contributed by atoms with van der Waals surface area (Å²) in [5.74, 6) is 0.846. The average Bonchev–Trinajstić information content (AvgIpc) is 3.25. The number of rotatable bonds is 4. The van der Waals surface area contributed by atoms with Crippen LogP contribution in [-0.4, -0.2) is 35.2 Å². The van der Waals surface area contributed by atoms with Crippen molar-refractivity contribution in [1.29, 1.82) is 0 Å². The maximum atomic E-state index is 10.4. The van der Waals surface area contributed by atoms with Crippen LogP contribution in [0.2, 0.25) is 0 Å². The van der Waals surface area contributed by atoms with E-state index < -0.39 is 0 Å². The number of hydrogen-bond donors (Lipinski definition) is 4. The third-order valence-electron chi connectivity index (χ3n) is 4.59. The van der Waals surface area contributed by atoms with Crippen molar-refractivity contribution in [2.45, 2.75) is 31.7 Å². The second kappa shape index (κ2) is 6.62. The Morgan fingerprint density at radius 1 is 1.11 bits per heavy atom. The summed E-state index contributed by atoms with van der Waals surface area (Å²) in [5.41, 5.74) is 4.27. The van der Waals surface area contributed by atoms with Crippen LogP contribution in [0.25, 0.3) is 28.0 Å². The van der Waals surface area contributed by atoms with Gasteiger partial charge in [0.2, 0.25) is 0 Å². The van der Waals surface area contributed by atoms with Gasteiger partial charge in [0.1, 0.15) is 33.7 Å². The molecule has 8 heteroatoms. The van der Waals surface area contributed by atoms with Crippen molar-refractivity contribution < 1.29 is 10.2 Å². The Labute approximate surface area is 161 Å². The van der Waals surface area contributed by atoms with Gasteiger partial charge in [-0.15, -0.1) is 17.7 Å². The van der Waals surface area contributed by atoms with E-state index in [0.29, 0.717) is 28.4 Å². The van der Waals surface area contributed by atoms with E-state index in [4.69, 9.17) is 0 Å². The van der Waals surface area contributed by atoms with Crippen molar-refractivity contribution in [3.05, 3.63) is 41.7 Å². The van der Waals surface area contributed by atoms with E-state index in [-0.39, 0.29) is 11.5 Å². The molecule has 0 radical (unpaired) electrons. The van der Waals surface area contributed by atoms with Gasteiger partial charge >= 0.3 is 0 Å². The van der Waals surface area contributed by atoms with Gasteiger partial charge in [0.25, 0.3) is 0 Å². The molecule has 138 valence electrons. The molecule has 27 heavy (non-hydrogen) atoms. The molecule has 0 fully saturated rings. The molecule has 4 aromatic rings. The Morgan fingerprint density at radius 3 is 2.67 bits per heavy atom. The van der Waals surface area contributed by atoms with E-state index >= 15 is 0 Å². The first-order valence-corrected chi connectivity index (χ1v) is 9.16. The number of nitrogens with zero attached hydrogens (tertiary/aromatic N) is 4. The number of nitrogens with one attached hydrogen (secondary N) is 1. The van der Waals surface area contributed by atoms with Gasteiger partial charge in [-0.2, -0.15) is 0 Å². The van der Waals surface area contributed by atoms with Gasteiger partial charge in [-0.3, -0.25) is 0 Å². The summed E-state index contributed by atoms with van der Waals surface area (Å²) in [6.07, 6.45) is 1.41. The molecule has 0 amide bonds. The van der Waals surface area contributed by atoms with Crippen molar-refractivity contribution in [3.63, 3.8) is 0 Å². The molecule has 0 aliphatic heterocycles. The molecule has 2 heterocycles. The lowest BCUT2D eigenvalue weighted by molar-refractivity contribution is 0.443. The minimum absolute atomic E-state index is 0.0495. The lowest BCUT2D eigenvalue weighted by atomic mass is 10.1. The van der Waals surface area contributed by atoms with Crippen LogP contribution in [0.4, 0.5) is 0 Å². The first-order valence-electron chi connectivity index (χ1n) is 8.71. The van der Waals surface area contributed by atoms with Crippen LogP contribution < -0.4 is 0 Å². The van der Waals surface area contributed by atoms with E-state index in [0.717, 1.165) is 28.8 Å². The zero-order chi connectivity index (χ0) is 19.1. The number of aromatic hydroxyl groups is 2. The highest BCUT2D eigenvalue weighted by Gasteiger charge is 2.21. The quantitative estimate of drug-likeness (QED) is 0.405. The minimum Gasteiger partial charge on any atom is -0.508 e. The Bertz CT molecular complexity index is 1150. The number of phenols is 2. The summed E-state index contributed by atoms with van der Waals surface area (Å²) in [4.78, 5) is 7.97. The SMILES string of the molecule is CCc1nc2c(-c3c(S)nnn3-c3cc(CC)c(O)cc3O)cccc2[nH]1. The zero-order valence-corrected chi connectivity index (χ0v) is 15.8. The highest BCUT2D eigenvalue weighted by Crippen LogP contribution is 2.36. The van der Waals surface area contributed by atoms with Crippen molar-refractivity contribution >= 4 is 23.7 Å². The average molecular weight is 381 g/mol. The minimum atomic E-state index is -0.0902. The Hall–Kier alpha value is -3.00. The van der Waals surface area contributed by atoms with Crippen LogP contribution >= 0.6 is 12.6 Å². The summed E-state index contributed by atoms with van der Waals surface area (Å²) in [6.45, 7) is 3.97. The molecule has 0 aliphatic carbocycles. The van der Waals surface area contributed by atoms with E-state index in [1.807, 2.05) is 32.0 Å². The number of aromatic amines is 1. The summed E-state index contributed by atoms with van der Waals surface area (Å²) in [6, 6.07) is 8.84. The second-order valence-corrected chi connectivity index (χ2v) is 6.66. The molecule has 0 saturated carbocycles. The molecule has 0 bridgehead atoms. The predicted molar refractivity (Wildman–Crippen MR) is 106 cm³/mol. The molecular weight excluding hydrogens is 362 g/mol. The van der Waals surface area contributed by atoms with Crippen LogP contribution in [0.5, 0.6) is 11.5 Å². The van der Waals surface area contributed by atoms with E-state index in [1.165, 1.54) is 10.7 Å². The van der Waals surface area contributed by atoms with Gasteiger partial charge in [0, 0.05) is 18.1 Å². The molecule has 0 unspecified atom stereocenters. The summed E-state index contributed by atoms with van der Waals surface area (Å²) in [5, 5.41) is 29.1. The third kappa shape index (κ3) is 2.82. The summed E-state index contributed by atoms with van der Waals surface area (Å²) >= 11 is 4.48. The largest absolute Gasteiger partial charge is 0.508 e. The third-order valence-corrected chi connectivity index (χ3v) is 4.89. The van der Waals surface area contributed by atoms with Crippen molar-refractivity contribution in [2.75, 3.05) is 0 Å². The Balaban J connectivity index is 1.98. The summed E-state index contributed by atoms with van der Waals surface area (Å²) < 4.78 is 1.53. The van der Waals surface area contributed by atoms with Gasteiger partial charge < -0.3 is 15.2 Å². The molecule has 4 rings (SSSR count). The van der Waals surface area contributed by atoms with Gasteiger partial charge in [0.05, 0.1) is 11.0 Å². The van der Waals surface area contributed by atoms with Gasteiger partial charge in [-0.1, -0.05) is 31.2 Å². The van der Waals surface area contributed by atoms with Crippen LogP contribution in [-0.2, 0) is 12.8 Å².